The molecular weight excluding hydrogens is 270 g/mol. The lowest BCUT2D eigenvalue weighted by atomic mass is 10.1. The lowest BCUT2D eigenvalue weighted by Gasteiger charge is -2.24. The fraction of sp³-hybridized carbons (Fsp3) is 0.467. The third-order valence-electron chi connectivity index (χ3n) is 3.59. The molecule has 0 aromatic heterocycles. The molecule has 0 radical (unpaired) electrons. The van der Waals surface area contributed by atoms with Crippen LogP contribution >= 0.6 is 0 Å². The van der Waals surface area contributed by atoms with Crippen LogP contribution in [0.2, 0.25) is 0 Å². The molecule has 6 heteroatoms. The van der Waals surface area contributed by atoms with Crippen molar-refractivity contribution in [3.63, 3.8) is 0 Å². The van der Waals surface area contributed by atoms with Crippen LogP contribution in [-0.4, -0.2) is 50.1 Å². The first-order valence-electron chi connectivity index (χ1n) is 7.09. The molecule has 6 nitrogen and oxygen atoms in total. The average Bonchev–Trinajstić information content (AvgIpc) is 2.61. The number of hydrogen-bond donors (Lipinski definition) is 1. The van der Waals surface area contributed by atoms with Crippen LogP contribution < -0.4 is 10.6 Å². The van der Waals surface area contributed by atoms with Crippen molar-refractivity contribution in [2.75, 3.05) is 43.9 Å². The highest BCUT2D eigenvalue weighted by Crippen LogP contribution is 2.28. The molecule has 1 amide bonds. The molecule has 0 aliphatic carbocycles. The van der Waals surface area contributed by atoms with Gasteiger partial charge in [0.05, 0.1) is 30.1 Å². The van der Waals surface area contributed by atoms with Crippen molar-refractivity contribution < 1.29 is 14.3 Å². The number of para-hydroxylation sites is 1. The van der Waals surface area contributed by atoms with Gasteiger partial charge in [0.2, 0.25) is 5.91 Å². The molecule has 1 aliphatic rings. The number of amides is 1. The smallest absolute Gasteiger partial charge is 0.340 e. The number of hydrogen-bond acceptors (Lipinski definition) is 5. The fourth-order valence-corrected chi connectivity index (χ4v) is 2.41. The van der Waals surface area contributed by atoms with Crippen LogP contribution in [0.15, 0.2) is 18.2 Å². The van der Waals surface area contributed by atoms with Crippen LogP contribution in [0.4, 0.5) is 11.4 Å². The highest BCUT2D eigenvalue weighted by Gasteiger charge is 2.22. The molecule has 1 saturated heterocycles. The van der Waals surface area contributed by atoms with Gasteiger partial charge in [0, 0.05) is 20.1 Å². The second-order valence-corrected chi connectivity index (χ2v) is 5.05. The Kier molecular flexibility index (Phi) is 4.67. The summed E-state index contributed by atoms with van der Waals surface area (Å²) < 4.78 is 5.00. The minimum atomic E-state index is -0.435. The van der Waals surface area contributed by atoms with Crippen LogP contribution in [0.1, 0.15) is 23.7 Å². The summed E-state index contributed by atoms with van der Waals surface area (Å²) in [5, 5.41) is 0. The SMILES string of the molecule is CCOC(=O)c1cccc(N2CCCN(C)C(=O)C2)c1N. The third-order valence-corrected chi connectivity index (χ3v) is 3.59. The van der Waals surface area contributed by atoms with Gasteiger partial charge in [-0.15, -0.1) is 0 Å². The Labute approximate surface area is 124 Å². The van der Waals surface area contributed by atoms with E-state index in [0.29, 0.717) is 23.5 Å². The Morgan fingerprint density at radius 2 is 2.14 bits per heavy atom. The van der Waals surface area contributed by atoms with Gasteiger partial charge in [0.15, 0.2) is 0 Å². The number of rotatable bonds is 3. The first kappa shape index (κ1) is 15.2. The zero-order valence-electron chi connectivity index (χ0n) is 12.5. The summed E-state index contributed by atoms with van der Waals surface area (Å²) in [6.07, 6.45) is 0.866. The molecule has 1 heterocycles. The highest BCUT2D eigenvalue weighted by atomic mass is 16.5. The van der Waals surface area contributed by atoms with E-state index in [9.17, 15) is 9.59 Å². The number of nitrogens with zero attached hydrogens (tertiary/aromatic N) is 2. The van der Waals surface area contributed by atoms with Gasteiger partial charge in [-0.05, 0) is 25.5 Å². The van der Waals surface area contributed by atoms with E-state index in [0.717, 1.165) is 19.5 Å². The normalized spacial score (nSPS) is 15.8. The maximum absolute atomic E-state index is 12.0. The Morgan fingerprint density at radius 1 is 1.38 bits per heavy atom. The van der Waals surface area contributed by atoms with E-state index < -0.39 is 5.97 Å². The lowest BCUT2D eigenvalue weighted by Crippen LogP contribution is -2.34. The van der Waals surface area contributed by atoms with Crippen molar-refractivity contribution in [2.24, 2.45) is 0 Å². The van der Waals surface area contributed by atoms with Gasteiger partial charge in [-0.25, -0.2) is 4.79 Å². The second kappa shape index (κ2) is 6.47. The summed E-state index contributed by atoms with van der Waals surface area (Å²) in [6, 6.07) is 5.23. The van der Waals surface area contributed by atoms with Crippen LogP contribution in [0.3, 0.4) is 0 Å². The summed E-state index contributed by atoms with van der Waals surface area (Å²) >= 11 is 0. The summed E-state index contributed by atoms with van der Waals surface area (Å²) in [5.41, 5.74) is 7.54. The van der Waals surface area contributed by atoms with Crippen molar-refractivity contribution in [3.8, 4) is 0 Å². The molecule has 114 valence electrons. The van der Waals surface area contributed by atoms with E-state index in [1.807, 2.05) is 11.0 Å². The highest BCUT2D eigenvalue weighted by molar-refractivity contribution is 5.99. The number of nitrogens with two attached hydrogens (primary N) is 1. The summed E-state index contributed by atoms with van der Waals surface area (Å²) in [6.45, 7) is 3.78. The number of esters is 1. The van der Waals surface area contributed by atoms with Crippen molar-refractivity contribution in [2.45, 2.75) is 13.3 Å². The molecule has 0 spiro atoms. The maximum Gasteiger partial charge on any atom is 0.340 e. The summed E-state index contributed by atoms with van der Waals surface area (Å²) in [5.74, 6) is -0.386. The predicted molar refractivity (Wildman–Crippen MR) is 81.3 cm³/mol. The zero-order valence-corrected chi connectivity index (χ0v) is 12.5. The zero-order chi connectivity index (χ0) is 15.4. The molecule has 2 rings (SSSR count). The molecule has 1 aromatic carbocycles. The number of carbonyl (C=O) groups is 2. The van der Waals surface area contributed by atoms with Gasteiger partial charge < -0.3 is 20.3 Å². The number of anilines is 2. The molecule has 0 unspecified atom stereocenters. The van der Waals surface area contributed by atoms with E-state index in [1.54, 1.807) is 31.0 Å². The molecule has 1 aromatic rings. The topological polar surface area (TPSA) is 75.9 Å². The van der Waals surface area contributed by atoms with E-state index >= 15 is 0 Å². The van der Waals surface area contributed by atoms with Gasteiger partial charge in [-0.3, -0.25) is 4.79 Å². The molecule has 0 bridgehead atoms. The fourth-order valence-electron chi connectivity index (χ4n) is 2.41. The third kappa shape index (κ3) is 3.26. The standard InChI is InChI=1S/C15H21N3O3/c1-3-21-15(20)11-6-4-7-12(14(11)16)18-9-5-8-17(2)13(19)10-18/h4,6-7H,3,5,8-10,16H2,1-2H3. The van der Waals surface area contributed by atoms with E-state index in [-0.39, 0.29) is 12.5 Å². The van der Waals surface area contributed by atoms with Crippen LogP contribution in [0, 0.1) is 0 Å². The Morgan fingerprint density at radius 3 is 2.86 bits per heavy atom. The van der Waals surface area contributed by atoms with Crippen molar-refractivity contribution >= 4 is 23.3 Å². The van der Waals surface area contributed by atoms with Gasteiger partial charge >= 0.3 is 5.97 Å². The second-order valence-electron chi connectivity index (χ2n) is 5.05. The predicted octanol–water partition coefficient (Wildman–Crippen LogP) is 1.11. The molecule has 21 heavy (non-hydrogen) atoms. The lowest BCUT2D eigenvalue weighted by molar-refractivity contribution is -0.127. The van der Waals surface area contributed by atoms with Crippen molar-refractivity contribution in [3.05, 3.63) is 23.8 Å². The Hall–Kier alpha value is -2.24. The van der Waals surface area contributed by atoms with Gasteiger partial charge in [-0.2, -0.15) is 0 Å². The molecular formula is C15H21N3O3. The number of ether oxygens (including phenoxy) is 1. The van der Waals surface area contributed by atoms with E-state index in [2.05, 4.69) is 0 Å². The van der Waals surface area contributed by atoms with Crippen LogP contribution in [0.5, 0.6) is 0 Å². The number of nitrogen functional groups attached to an aromatic ring is 1. The minimum absolute atomic E-state index is 0.0495. The Balaban J connectivity index is 2.29. The average molecular weight is 291 g/mol. The molecule has 2 N–H and O–H groups in total. The molecule has 1 fully saturated rings. The van der Waals surface area contributed by atoms with E-state index in [1.165, 1.54) is 0 Å². The maximum atomic E-state index is 12.0. The summed E-state index contributed by atoms with van der Waals surface area (Å²) in [7, 11) is 1.80. The first-order valence-corrected chi connectivity index (χ1v) is 7.09. The monoisotopic (exact) mass is 291 g/mol. The van der Waals surface area contributed by atoms with Crippen LogP contribution in [0.25, 0.3) is 0 Å². The molecule has 0 saturated carbocycles. The first-order chi connectivity index (χ1) is 10.0. The largest absolute Gasteiger partial charge is 0.462 e. The minimum Gasteiger partial charge on any atom is -0.462 e. The number of likely N-dealkylation sites (N-methyl/N-ethyl adjacent to an activating group) is 1. The van der Waals surface area contributed by atoms with Crippen molar-refractivity contribution in [1.82, 2.24) is 4.90 Å². The number of benzene rings is 1. The summed E-state index contributed by atoms with van der Waals surface area (Å²) in [4.78, 5) is 27.5. The van der Waals surface area contributed by atoms with Gasteiger partial charge in [0.1, 0.15) is 0 Å². The van der Waals surface area contributed by atoms with Crippen molar-refractivity contribution in [1.29, 1.82) is 0 Å². The van der Waals surface area contributed by atoms with Crippen LogP contribution in [-0.2, 0) is 9.53 Å². The van der Waals surface area contributed by atoms with E-state index in [4.69, 9.17) is 10.5 Å². The Bertz CT molecular complexity index is 545. The quantitative estimate of drug-likeness (QED) is 0.667. The van der Waals surface area contributed by atoms with Gasteiger partial charge in [0.25, 0.3) is 0 Å². The number of carbonyl (C=O) groups excluding carboxylic acids is 2. The molecule has 1 aliphatic heterocycles. The molecule has 0 atom stereocenters. The van der Waals surface area contributed by atoms with Gasteiger partial charge in [-0.1, -0.05) is 6.07 Å².